The molecule has 0 aromatic carbocycles. The van der Waals surface area contributed by atoms with Crippen LogP contribution >= 0.6 is 0 Å². The van der Waals surface area contributed by atoms with Crippen LogP contribution in [0.5, 0.6) is 0 Å². The standard InChI is InChI=1S/C18H36O6.Na.H/c19-15-13-11-9-7-5-3-1-2-4-6-8-10-12-14-16(20)17(21)18(22)24-23;;/h16-17,19-21,23H,1-15H2;;/q;+1;-1. The average molecular weight is 372 g/mol. The number of carbonyl (C=O) groups excluding carboxylic acids is 1. The van der Waals surface area contributed by atoms with E-state index in [4.69, 9.17) is 10.4 Å². The first-order chi connectivity index (χ1) is 11.6. The third-order valence-electron chi connectivity index (χ3n) is 4.35. The summed E-state index contributed by atoms with van der Waals surface area (Å²) in [5, 5.41) is 35.6. The predicted octanol–water partition coefficient (Wildman–Crippen LogP) is 0.295. The molecular formula is C18H37NaO6. The minimum absolute atomic E-state index is 0. The maximum absolute atomic E-state index is 10.8. The number of rotatable bonds is 17. The molecule has 7 heteroatoms. The Morgan fingerprint density at radius 1 is 0.760 bits per heavy atom. The van der Waals surface area contributed by atoms with Gasteiger partial charge < -0.3 is 16.7 Å². The van der Waals surface area contributed by atoms with Crippen LogP contribution in [0.4, 0.5) is 0 Å². The molecule has 0 aliphatic rings. The molecule has 2 unspecified atom stereocenters. The Kier molecular flexibility index (Phi) is 22.7. The van der Waals surface area contributed by atoms with Crippen molar-refractivity contribution in [3.63, 3.8) is 0 Å². The molecule has 0 rings (SSSR count). The summed E-state index contributed by atoms with van der Waals surface area (Å²) in [5.41, 5.74) is 0. The minimum Gasteiger partial charge on any atom is -1.00 e. The van der Waals surface area contributed by atoms with Gasteiger partial charge in [-0.25, -0.2) is 4.79 Å². The molecule has 0 aromatic rings. The molecule has 0 fully saturated rings. The summed E-state index contributed by atoms with van der Waals surface area (Å²) in [5.74, 6) is -1.21. The molecular weight excluding hydrogens is 335 g/mol. The molecule has 2 atom stereocenters. The number of hydrogen-bond acceptors (Lipinski definition) is 6. The molecule has 0 heterocycles. The Morgan fingerprint density at radius 3 is 1.48 bits per heavy atom. The third-order valence-corrected chi connectivity index (χ3v) is 4.35. The molecule has 0 bridgehead atoms. The number of carbonyl (C=O) groups is 1. The van der Waals surface area contributed by atoms with Crippen LogP contribution in [0.1, 0.15) is 91.3 Å². The first-order valence-electron chi connectivity index (χ1n) is 9.45. The molecule has 146 valence electrons. The van der Waals surface area contributed by atoms with E-state index >= 15 is 0 Å². The molecule has 25 heavy (non-hydrogen) atoms. The van der Waals surface area contributed by atoms with E-state index in [-0.39, 0.29) is 31.0 Å². The van der Waals surface area contributed by atoms with E-state index in [1.165, 1.54) is 51.4 Å². The Hall–Kier alpha value is 0.310. The van der Waals surface area contributed by atoms with Gasteiger partial charge in [-0.05, 0) is 12.8 Å². The first-order valence-corrected chi connectivity index (χ1v) is 9.45. The van der Waals surface area contributed by atoms with Gasteiger partial charge in [0.05, 0.1) is 6.10 Å². The van der Waals surface area contributed by atoms with Crippen molar-refractivity contribution in [3.05, 3.63) is 0 Å². The molecule has 0 saturated carbocycles. The van der Waals surface area contributed by atoms with Gasteiger partial charge in [-0.2, -0.15) is 5.26 Å². The Labute approximate surface area is 175 Å². The van der Waals surface area contributed by atoms with Gasteiger partial charge in [0.15, 0.2) is 6.10 Å². The monoisotopic (exact) mass is 372 g/mol. The maximum Gasteiger partial charge on any atom is 1.00 e. The fourth-order valence-corrected chi connectivity index (χ4v) is 2.78. The van der Waals surface area contributed by atoms with E-state index in [0.717, 1.165) is 32.1 Å². The summed E-state index contributed by atoms with van der Waals surface area (Å²) in [6, 6.07) is 0. The summed E-state index contributed by atoms with van der Waals surface area (Å²) in [7, 11) is 0. The second-order valence-electron chi connectivity index (χ2n) is 6.53. The fourth-order valence-electron chi connectivity index (χ4n) is 2.78. The van der Waals surface area contributed by atoms with Gasteiger partial charge in [-0.3, -0.25) is 4.89 Å². The van der Waals surface area contributed by atoms with E-state index < -0.39 is 18.2 Å². The average Bonchev–Trinajstić information content (AvgIpc) is 2.60. The number of hydrogen-bond donors (Lipinski definition) is 4. The summed E-state index contributed by atoms with van der Waals surface area (Å²) >= 11 is 0. The van der Waals surface area contributed by atoms with E-state index in [9.17, 15) is 15.0 Å². The van der Waals surface area contributed by atoms with Gasteiger partial charge in [0, 0.05) is 6.61 Å². The van der Waals surface area contributed by atoms with Crippen molar-refractivity contribution in [1.82, 2.24) is 0 Å². The topological polar surface area (TPSA) is 107 Å². The van der Waals surface area contributed by atoms with Crippen molar-refractivity contribution in [1.29, 1.82) is 0 Å². The van der Waals surface area contributed by atoms with Crippen molar-refractivity contribution < 1.29 is 61.2 Å². The van der Waals surface area contributed by atoms with Crippen molar-refractivity contribution >= 4 is 5.97 Å². The predicted molar refractivity (Wildman–Crippen MR) is 93.6 cm³/mol. The summed E-state index contributed by atoms with van der Waals surface area (Å²) < 4.78 is 0. The quantitative estimate of drug-likeness (QED) is 0.127. The van der Waals surface area contributed by atoms with Gasteiger partial charge in [0.2, 0.25) is 0 Å². The van der Waals surface area contributed by atoms with Crippen LogP contribution < -0.4 is 29.6 Å². The van der Waals surface area contributed by atoms with Crippen LogP contribution in [-0.2, 0) is 9.68 Å². The summed E-state index contributed by atoms with van der Waals surface area (Å²) in [4.78, 5) is 14.2. The molecule has 0 amide bonds. The van der Waals surface area contributed by atoms with E-state index in [1.54, 1.807) is 0 Å². The number of aliphatic hydroxyl groups excluding tert-OH is 3. The summed E-state index contributed by atoms with van der Waals surface area (Å²) in [6.45, 7) is 0.314. The SMILES string of the molecule is O=C(OO)C(O)C(O)CCCCCCCCCCCCCCCO.[H-].[Na+]. The van der Waals surface area contributed by atoms with Crippen LogP contribution in [0.15, 0.2) is 0 Å². The van der Waals surface area contributed by atoms with Crippen molar-refractivity contribution in [2.24, 2.45) is 0 Å². The fraction of sp³-hybridized carbons (Fsp3) is 0.944. The molecule has 0 spiro atoms. The molecule has 4 N–H and O–H groups in total. The maximum atomic E-state index is 10.8. The van der Waals surface area contributed by atoms with Crippen molar-refractivity contribution in [2.75, 3.05) is 6.61 Å². The van der Waals surface area contributed by atoms with Gasteiger partial charge in [-0.15, -0.1) is 0 Å². The third kappa shape index (κ3) is 17.5. The Balaban J connectivity index is -0.00000264. The molecule has 0 aliphatic heterocycles. The molecule has 0 saturated heterocycles. The molecule has 0 aromatic heterocycles. The summed E-state index contributed by atoms with van der Waals surface area (Å²) in [6.07, 6.45) is 12.4. The number of unbranched alkanes of at least 4 members (excludes halogenated alkanes) is 12. The van der Waals surface area contributed by atoms with Gasteiger partial charge in [0.1, 0.15) is 0 Å². The van der Waals surface area contributed by atoms with E-state index in [0.29, 0.717) is 13.0 Å². The van der Waals surface area contributed by atoms with Crippen LogP contribution in [-0.4, -0.2) is 45.4 Å². The van der Waals surface area contributed by atoms with Crippen LogP contribution in [0, 0.1) is 0 Å². The second-order valence-corrected chi connectivity index (χ2v) is 6.53. The molecule has 0 radical (unpaired) electrons. The second kappa shape index (κ2) is 20.6. The van der Waals surface area contributed by atoms with E-state index in [1.807, 2.05) is 0 Å². The van der Waals surface area contributed by atoms with Crippen molar-refractivity contribution in [2.45, 2.75) is 102 Å². The Morgan fingerprint density at radius 2 is 1.12 bits per heavy atom. The largest absolute Gasteiger partial charge is 1.00 e. The minimum atomic E-state index is -1.67. The van der Waals surface area contributed by atoms with Crippen LogP contribution in [0.25, 0.3) is 0 Å². The zero-order valence-corrected chi connectivity index (χ0v) is 17.9. The van der Waals surface area contributed by atoms with E-state index in [2.05, 4.69) is 4.89 Å². The van der Waals surface area contributed by atoms with Crippen molar-refractivity contribution in [3.8, 4) is 0 Å². The number of aliphatic hydroxyl groups is 3. The zero-order valence-electron chi connectivity index (χ0n) is 16.9. The molecule has 6 nitrogen and oxygen atoms in total. The normalized spacial score (nSPS) is 13.1. The molecule has 0 aliphatic carbocycles. The van der Waals surface area contributed by atoms with Gasteiger partial charge in [0.25, 0.3) is 0 Å². The van der Waals surface area contributed by atoms with Crippen LogP contribution in [0.2, 0.25) is 0 Å². The zero-order chi connectivity index (χ0) is 18.0. The van der Waals surface area contributed by atoms with Gasteiger partial charge in [-0.1, -0.05) is 77.0 Å². The Bertz CT molecular complexity index is 297. The van der Waals surface area contributed by atoms with Crippen LogP contribution in [0.3, 0.4) is 0 Å². The van der Waals surface area contributed by atoms with Gasteiger partial charge >= 0.3 is 35.5 Å². The smallest absolute Gasteiger partial charge is 1.00 e. The first kappa shape index (κ1) is 27.5.